The van der Waals surface area contributed by atoms with Gasteiger partial charge in [-0.2, -0.15) is 0 Å². The summed E-state index contributed by atoms with van der Waals surface area (Å²) in [7, 11) is 0.101. The van der Waals surface area contributed by atoms with E-state index in [2.05, 4.69) is 20.3 Å². The predicted octanol–water partition coefficient (Wildman–Crippen LogP) is -0.484. The van der Waals surface area contributed by atoms with Gasteiger partial charge >= 0.3 is 0 Å². The van der Waals surface area contributed by atoms with Crippen molar-refractivity contribution in [3.8, 4) is 0 Å². The molecule has 0 spiro atoms. The summed E-state index contributed by atoms with van der Waals surface area (Å²) in [6.45, 7) is 5.47. The standard InChI is InChI=1S/C11H26N4O3S/c1-11(2,15-19(5,16)17)9-14-10(12-3)13-7-6-8-18-4/h15H,6-9H2,1-5H3,(H2,12,13,14). The molecule has 0 aromatic rings. The molecule has 0 radical (unpaired) electrons. The van der Waals surface area contributed by atoms with Gasteiger partial charge in [0, 0.05) is 39.4 Å². The molecule has 0 fully saturated rings. The monoisotopic (exact) mass is 294 g/mol. The van der Waals surface area contributed by atoms with E-state index in [4.69, 9.17) is 4.74 Å². The quantitative estimate of drug-likeness (QED) is 0.319. The normalized spacial score (nSPS) is 13.4. The van der Waals surface area contributed by atoms with Gasteiger partial charge in [-0.25, -0.2) is 13.1 Å². The summed E-state index contributed by atoms with van der Waals surface area (Å²) in [6.07, 6.45) is 2.02. The molecule has 0 heterocycles. The molecule has 0 aliphatic carbocycles. The molecule has 0 aromatic heterocycles. The largest absolute Gasteiger partial charge is 0.385 e. The van der Waals surface area contributed by atoms with Crippen molar-refractivity contribution in [2.75, 3.05) is 40.1 Å². The number of hydrogen-bond donors (Lipinski definition) is 3. The van der Waals surface area contributed by atoms with Gasteiger partial charge in [0.2, 0.25) is 10.0 Å². The fourth-order valence-electron chi connectivity index (χ4n) is 1.49. The van der Waals surface area contributed by atoms with Crippen LogP contribution in [0.5, 0.6) is 0 Å². The summed E-state index contributed by atoms with van der Waals surface area (Å²) in [6, 6.07) is 0. The van der Waals surface area contributed by atoms with Crippen LogP contribution in [0.15, 0.2) is 4.99 Å². The molecule has 0 aromatic carbocycles. The second-order valence-electron chi connectivity index (χ2n) is 4.96. The summed E-state index contributed by atoms with van der Waals surface area (Å²) in [4.78, 5) is 4.06. The molecule has 0 aliphatic rings. The molecule has 0 saturated carbocycles. The van der Waals surface area contributed by atoms with E-state index in [1.807, 2.05) is 0 Å². The van der Waals surface area contributed by atoms with Crippen molar-refractivity contribution in [1.82, 2.24) is 15.4 Å². The van der Waals surface area contributed by atoms with E-state index in [1.165, 1.54) is 0 Å². The van der Waals surface area contributed by atoms with E-state index in [0.717, 1.165) is 19.2 Å². The van der Waals surface area contributed by atoms with Crippen molar-refractivity contribution in [1.29, 1.82) is 0 Å². The number of nitrogens with one attached hydrogen (secondary N) is 3. The maximum atomic E-state index is 11.2. The topological polar surface area (TPSA) is 91.8 Å². The maximum Gasteiger partial charge on any atom is 0.209 e. The van der Waals surface area contributed by atoms with Gasteiger partial charge in [-0.05, 0) is 20.3 Å². The number of guanidine groups is 1. The molecule has 0 saturated heterocycles. The fourth-order valence-corrected chi connectivity index (χ4v) is 2.56. The average Bonchev–Trinajstić information content (AvgIpc) is 2.25. The van der Waals surface area contributed by atoms with E-state index < -0.39 is 15.6 Å². The van der Waals surface area contributed by atoms with Crippen molar-refractivity contribution in [2.24, 2.45) is 4.99 Å². The molecule has 0 rings (SSSR count). The molecule has 3 N–H and O–H groups in total. The zero-order valence-corrected chi connectivity index (χ0v) is 13.2. The van der Waals surface area contributed by atoms with Crippen LogP contribution in [0.1, 0.15) is 20.3 Å². The molecule has 19 heavy (non-hydrogen) atoms. The third-order valence-corrected chi connectivity index (χ3v) is 3.12. The van der Waals surface area contributed by atoms with E-state index in [9.17, 15) is 8.42 Å². The van der Waals surface area contributed by atoms with Crippen LogP contribution in [0.25, 0.3) is 0 Å². The van der Waals surface area contributed by atoms with Crippen molar-refractivity contribution < 1.29 is 13.2 Å². The van der Waals surface area contributed by atoms with E-state index >= 15 is 0 Å². The maximum absolute atomic E-state index is 11.2. The van der Waals surface area contributed by atoms with Crippen LogP contribution in [0.2, 0.25) is 0 Å². The van der Waals surface area contributed by atoms with Crippen LogP contribution in [0.3, 0.4) is 0 Å². The van der Waals surface area contributed by atoms with Crippen LogP contribution in [0, 0.1) is 0 Å². The highest BCUT2D eigenvalue weighted by Crippen LogP contribution is 2.01. The number of aliphatic imine (C=N–C) groups is 1. The summed E-state index contributed by atoms with van der Waals surface area (Å²) < 4.78 is 29.9. The number of rotatable bonds is 8. The van der Waals surface area contributed by atoms with Gasteiger partial charge in [-0.15, -0.1) is 0 Å². The summed E-state index contributed by atoms with van der Waals surface area (Å²) in [5, 5.41) is 6.20. The van der Waals surface area contributed by atoms with Gasteiger partial charge in [0.15, 0.2) is 5.96 Å². The van der Waals surface area contributed by atoms with Crippen molar-refractivity contribution in [3.63, 3.8) is 0 Å². The summed E-state index contributed by atoms with van der Waals surface area (Å²) >= 11 is 0. The number of methoxy groups -OCH3 is 1. The minimum atomic E-state index is -3.23. The summed E-state index contributed by atoms with van der Waals surface area (Å²) in [5.41, 5.74) is -0.586. The van der Waals surface area contributed by atoms with E-state index in [1.54, 1.807) is 28.0 Å². The van der Waals surface area contributed by atoms with Gasteiger partial charge in [0.05, 0.1) is 6.26 Å². The lowest BCUT2D eigenvalue weighted by atomic mass is 10.1. The van der Waals surface area contributed by atoms with Crippen LogP contribution >= 0.6 is 0 Å². The minimum absolute atomic E-state index is 0.435. The minimum Gasteiger partial charge on any atom is -0.385 e. The number of ether oxygens (including phenoxy) is 1. The summed E-state index contributed by atoms with van der Waals surface area (Å²) in [5.74, 6) is 0.638. The smallest absolute Gasteiger partial charge is 0.209 e. The highest BCUT2D eigenvalue weighted by molar-refractivity contribution is 7.88. The Labute approximate surface area is 116 Å². The van der Waals surface area contributed by atoms with Gasteiger partial charge in [-0.1, -0.05) is 0 Å². The highest BCUT2D eigenvalue weighted by atomic mass is 32.2. The molecule has 0 amide bonds. The lowest BCUT2D eigenvalue weighted by Gasteiger charge is -2.26. The highest BCUT2D eigenvalue weighted by Gasteiger charge is 2.22. The van der Waals surface area contributed by atoms with Crippen molar-refractivity contribution >= 4 is 16.0 Å². The molecule has 114 valence electrons. The third kappa shape index (κ3) is 10.7. The van der Waals surface area contributed by atoms with E-state index in [0.29, 0.717) is 19.1 Å². The van der Waals surface area contributed by atoms with Crippen molar-refractivity contribution in [2.45, 2.75) is 25.8 Å². The lowest BCUT2D eigenvalue weighted by Crippen LogP contribution is -2.53. The fraction of sp³-hybridized carbons (Fsp3) is 0.909. The van der Waals surface area contributed by atoms with E-state index in [-0.39, 0.29) is 0 Å². The van der Waals surface area contributed by atoms with Crippen LogP contribution < -0.4 is 15.4 Å². The van der Waals surface area contributed by atoms with Gasteiger partial charge in [0.25, 0.3) is 0 Å². The second-order valence-corrected chi connectivity index (χ2v) is 6.71. The Morgan fingerprint density at radius 1 is 1.32 bits per heavy atom. The Bertz CT molecular complexity index is 379. The zero-order chi connectivity index (χ0) is 14.9. The molecular weight excluding hydrogens is 268 g/mol. The first kappa shape index (κ1) is 18.1. The first-order valence-electron chi connectivity index (χ1n) is 6.12. The first-order chi connectivity index (χ1) is 8.70. The third-order valence-electron chi connectivity index (χ3n) is 2.20. The first-order valence-corrected chi connectivity index (χ1v) is 8.02. The Kier molecular flexibility index (Phi) is 7.96. The Balaban J connectivity index is 4.13. The molecule has 0 unspecified atom stereocenters. The molecule has 7 nitrogen and oxygen atoms in total. The lowest BCUT2D eigenvalue weighted by molar-refractivity contribution is 0.195. The Morgan fingerprint density at radius 2 is 1.95 bits per heavy atom. The van der Waals surface area contributed by atoms with Crippen LogP contribution in [0.4, 0.5) is 0 Å². The van der Waals surface area contributed by atoms with Gasteiger partial charge in [-0.3, -0.25) is 4.99 Å². The molecule has 0 atom stereocenters. The van der Waals surface area contributed by atoms with Crippen molar-refractivity contribution in [3.05, 3.63) is 0 Å². The van der Waals surface area contributed by atoms with Gasteiger partial charge in [0.1, 0.15) is 0 Å². The molecule has 0 aliphatic heterocycles. The number of hydrogen-bond acceptors (Lipinski definition) is 4. The Morgan fingerprint density at radius 3 is 2.42 bits per heavy atom. The van der Waals surface area contributed by atoms with Crippen LogP contribution in [-0.4, -0.2) is 60.0 Å². The second kappa shape index (κ2) is 8.34. The predicted molar refractivity (Wildman–Crippen MR) is 77.9 cm³/mol. The SMILES string of the molecule is CN=C(NCCCOC)NCC(C)(C)NS(C)(=O)=O. The van der Waals surface area contributed by atoms with Gasteiger partial charge < -0.3 is 15.4 Å². The number of sulfonamides is 1. The van der Waals surface area contributed by atoms with Crippen LogP contribution in [-0.2, 0) is 14.8 Å². The average molecular weight is 294 g/mol. The molecule has 0 bridgehead atoms. The molecule has 8 heteroatoms. The molecular formula is C11H26N4O3S. The Hall–Kier alpha value is -0.860. The zero-order valence-electron chi connectivity index (χ0n) is 12.4. The number of nitrogens with zero attached hydrogens (tertiary/aromatic N) is 1.